The summed E-state index contributed by atoms with van der Waals surface area (Å²) in [6, 6.07) is 12.1. The van der Waals surface area contributed by atoms with E-state index in [0.717, 1.165) is 35.4 Å². The van der Waals surface area contributed by atoms with E-state index in [9.17, 15) is 4.79 Å². The number of ether oxygens (including phenoxy) is 1. The minimum Gasteiger partial charge on any atom is -0.493 e. The molecule has 1 N–H and O–H groups in total. The first-order chi connectivity index (χ1) is 12.5. The van der Waals surface area contributed by atoms with Gasteiger partial charge >= 0.3 is 0 Å². The number of halogens is 1. The molecule has 0 fully saturated rings. The van der Waals surface area contributed by atoms with Crippen molar-refractivity contribution in [1.82, 2.24) is 4.90 Å². The van der Waals surface area contributed by atoms with Crippen molar-refractivity contribution in [3.8, 4) is 5.75 Å². The fourth-order valence-electron chi connectivity index (χ4n) is 3.22. The zero-order valence-corrected chi connectivity index (χ0v) is 17.1. The summed E-state index contributed by atoms with van der Waals surface area (Å²) in [5, 5.41) is 3.01. The van der Waals surface area contributed by atoms with Crippen molar-refractivity contribution in [2.45, 2.75) is 39.8 Å². The highest BCUT2D eigenvalue weighted by Gasteiger charge is 2.19. The summed E-state index contributed by atoms with van der Waals surface area (Å²) >= 11 is 3.46. The molecule has 0 saturated carbocycles. The molecule has 1 amide bonds. The van der Waals surface area contributed by atoms with Gasteiger partial charge < -0.3 is 10.1 Å². The fourth-order valence-corrected chi connectivity index (χ4v) is 3.71. The summed E-state index contributed by atoms with van der Waals surface area (Å²) in [6.45, 7) is 9.00. The van der Waals surface area contributed by atoms with E-state index >= 15 is 0 Å². The van der Waals surface area contributed by atoms with Gasteiger partial charge in [-0.1, -0.05) is 6.07 Å². The van der Waals surface area contributed by atoms with Gasteiger partial charge in [-0.2, -0.15) is 0 Å². The average molecular weight is 417 g/mol. The van der Waals surface area contributed by atoms with Crippen LogP contribution in [0.2, 0.25) is 0 Å². The van der Waals surface area contributed by atoms with Gasteiger partial charge in [-0.3, -0.25) is 9.69 Å². The molecule has 1 heterocycles. The van der Waals surface area contributed by atoms with Gasteiger partial charge in [0.05, 0.1) is 11.1 Å². The Morgan fingerprint density at radius 3 is 2.73 bits per heavy atom. The van der Waals surface area contributed by atoms with Crippen LogP contribution in [0.5, 0.6) is 5.75 Å². The third kappa shape index (κ3) is 4.27. The maximum absolute atomic E-state index is 12.6. The lowest BCUT2D eigenvalue weighted by molar-refractivity contribution is 0.102. The zero-order chi connectivity index (χ0) is 18.7. The van der Waals surface area contributed by atoms with E-state index in [-0.39, 0.29) is 5.91 Å². The lowest BCUT2D eigenvalue weighted by Gasteiger charge is -2.32. The molecule has 0 spiro atoms. The van der Waals surface area contributed by atoms with Crippen LogP contribution >= 0.6 is 15.9 Å². The molecule has 0 aliphatic carbocycles. The number of carbonyl (C=O) groups is 1. The van der Waals surface area contributed by atoms with E-state index in [2.05, 4.69) is 52.1 Å². The molecule has 0 atom stereocenters. The smallest absolute Gasteiger partial charge is 0.255 e. The number of anilines is 1. The van der Waals surface area contributed by atoms with Crippen molar-refractivity contribution >= 4 is 27.5 Å². The van der Waals surface area contributed by atoms with Gasteiger partial charge in [-0.25, -0.2) is 0 Å². The largest absolute Gasteiger partial charge is 0.493 e. The number of carbonyl (C=O) groups excluding carboxylic acids is 1. The van der Waals surface area contributed by atoms with E-state index in [1.807, 2.05) is 19.1 Å². The van der Waals surface area contributed by atoms with Gasteiger partial charge in [0, 0.05) is 30.4 Å². The normalized spacial score (nSPS) is 14.2. The number of nitrogens with zero attached hydrogens (tertiary/aromatic N) is 1. The summed E-state index contributed by atoms with van der Waals surface area (Å²) in [6.07, 6.45) is 1.06. The minimum absolute atomic E-state index is 0.120. The molecule has 2 aromatic carbocycles. The van der Waals surface area contributed by atoms with Crippen LogP contribution < -0.4 is 10.1 Å². The molecule has 1 aliphatic heterocycles. The van der Waals surface area contributed by atoms with E-state index in [4.69, 9.17) is 4.74 Å². The number of amides is 1. The number of fused-ring (bicyclic) bond motifs is 1. The summed E-state index contributed by atoms with van der Waals surface area (Å²) in [5.41, 5.74) is 4.12. The Morgan fingerprint density at radius 1 is 1.23 bits per heavy atom. The van der Waals surface area contributed by atoms with Gasteiger partial charge in [-0.15, -0.1) is 0 Å². The number of rotatable bonds is 5. The van der Waals surface area contributed by atoms with Crippen molar-refractivity contribution in [3.05, 3.63) is 57.6 Å². The third-order valence-corrected chi connectivity index (χ3v) is 5.35. The first kappa shape index (κ1) is 18.9. The summed E-state index contributed by atoms with van der Waals surface area (Å²) < 4.78 is 6.28. The number of benzene rings is 2. The third-order valence-electron chi connectivity index (χ3n) is 4.73. The van der Waals surface area contributed by atoms with Crippen molar-refractivity contribution in [3.63, 3.8) is 0 Å². The van der Waals surface area contributed by atoms with Crippen LogP contribution in [0.25, 0.3) is 0 Å². The van der Waals surface area contributed by atoms with Gasteiger partial charge in [-0.05, 0) is 84.6 Å². The van der Waals surface area contributed by atoms with E-state index in [0.29, 0.717) is 18.2 Å². The van der Waals surface area contributed by atoms with Crippen molar-refractivity contribution in [1.29, 1.82) is 0 Å². The van der Waals surface area contributed by atoms with Crippen molar-refractivity contribution < 1.29 is 9.53 Å². The molecule has 5 heteroatoms. The van der Waals surface area contributed by atoms with Crippen molar-refractivity contribution in [2.75, 3.05) is 18.5 Å². The van der Waals surface area contributed by atoms with Crippen LogP contribution in [0.3, 0.4) is 0 Å². The maximum atomic E-state index is 12.6. The Morgan fingerprint density at radius 2 is 2.04 bits per heavy atom. The van der Waals surface area contributed by atoms with Gasteiger partial charge in [0.15, 0.2) is 0 Å². The second kappa shape index (κ2) is 8.23. The molecule has 3 rings (SSSR count). The first-order valence-electron chi connectivity index (χ1n) is 9.07. The van der Waals surface area contributed by atoms with Crippen LogP contribution in [0, 0.1) is 0 Å². The predicted octanol–water partition coefficient (Wildman–Crippen LogP) is 4.87. The number of hydrogen-bond acceptors (Lipinski definition) is 3. The minimum atomic E-state index is -0.120. The molecular weight excluding hydrogens is 392 g/mol. The Labute approximate surface area is 163 Å². The van der Waals surface area contributed by atoms with E-state index in [1.165, 1.54) is 11.1 Å². The highest BCUT2D eigenvalue weighted by Crippen LogP contribution is 2.27. The predicted molar refractivity (Wildman–Crippen MR) is 109 cm³/mol. The Bertz CT molecular complexity index is 805. The topological polar surface area (TPSA) is 41.6 Å². The molecule has 0 unspecified atom stereocenters. The Balaban J connectivity index is 1.74. The average Bonchev–Trinajstić information content (AvgIpc) is 2.62. The molecule has 4 nitrogen and oxygen atoms in total. The fraction of sp³-hybridized carbons (Fsp3) is 0.381. The second-order valence-electron chi connectivity index (χ2n) is 6.83. The lowest BCUT2D eigenvalue weighted by atomic mass is 9.98. The molecule has 0 bridgehead atoms. The van der Waals surface area contributed by atoms with Crippen LogP contribution in [0.4, 0.5) is 5.69 Å². The van der Waals surface area contributed by atoms with Crippen LogP contribution in [0.1, 0.15) is 42.3 Å². The van der Waals surface area contributed by atoms with Gasteiger partial charge in [0.2, 0.25) is 0 Å². The van der Waals surface area contributed by atoms with Gasteiger partial charge in [0.25, 0.3) is 5.91 Å². The highest BCUT2D eigenvalue weighted by molar-refractivity contribution is 9.10. The Hall–Kier alpha value is -1.85. The van der Waals surface area contributed by atoms with Crippen molar-refractivity contribution in [2.24, 2.45) is 0 Å². The first-order valence-corrected chi connectivity index (χ1v) is 9.86. The second-order valence-corrected chi connectivity index (χ2v) is 7.68. The zero-order valence-electron chi connectivity index (χ0n) is 15.5. The molecule has 138 valence electrons. The standard InChI is InChI=1S/C21H25BrN2O2/c1-4-26-20-8-6-16(12-19(20)22)21(25)23-18-7-5-15-9-10-24(14(2)3)13-17(15)11-18/h5-8,11-12,14H,4,9-10,13H2,1-3H3,(H,23,25). The van der Waals surface area contributed by atoms with E-state index < -0.39 is 0 Å². The lowest BCUT2D eigenvalue weighted by Crippen LogP contribution is -2.35. The summed E-state index contributed by atoms with van der Waals surface area (Å²) in [5.74, 6) is 0.622. The van der Waals surface area contributed by atoms with Crippen LogP contribution in [-0.4, -0.2) is 30.0 Å². The number of hydrogen-bond donors (Lipinski definition) is 1. The maximum Gasteiger partial charge on any atom is 0.255 e. The van der Waals surface area contributed by atoms with E-state index in [1.54, 1.807) is 12.1 Å². The molecule has 0 aromatic heterocycles. The molecule has 26 heavy (non-hydrogen) atoms. The Kier molecular flexibility index (Phi) is 5.99. The van der Waals surface area contributed by atoms with Crippen LogP contribution in [0.15, 0.2) is 40.9 Å². The molecule has 1 aliphatic rings. The SMILES string of the molecule is CCOc1ccc(C(=O)Nc2ccc3c(c2)CN(C(C)C)CC3)cc1Br. The molecule has 0 radical (unpaired) electrons. The quantitative estimate of drug-likeness (QED) is 0.755. The summed E-state index contributed by atoms with van der Waals surface area (Å²) in [4.78, 5) is 15.0. The number of nitrogens with one attached hydrogen (secondary N) is 1. The van der Waals surface area contributed by atoms with Crippen LogP contribution in [-0.2, 0) is 13.0 Å². The molecule has 2 aromatic rings. The highest BCUT2D eigenvalue weighted by atomic mass is 79.9. The monoisotopic (exact) mass is 416 g/mol. The molecule has 0 saturated heterocycles. The van der Waals surface area contributed by atoms with Gasteiger partial charge in [0.1, 0.15) is 5.75 Å². The summed E-state index contributed by atoms with van der Waals surface area (Å²) in [7, 11) is 0. The molecular formula is C21H25BrN2O2.